The Labute approximate surface area is 148 Å². The van der Waals surface area contributed by atoms with Crippen LogP contribution in [0.2, 0.25) is 5.02 Å². The van der Waals surface area contributed by atoms with Crippen molar-refractivity contribution in [1.82, 2.24) is 5.32 Å². The van der Waals surface area contributed by atoms with Crippen molar-refractivity contribution in [2.45, 2.75) is 26.7 Å². The third kappa shape index (κ3) is 5.46. The number of hydrogen-bond donors (Lipinski definition) is 2. The second-order valence-corrected chi connectivity index (χ2v) is 6.35. The zero-order chi connectivity index (χ0) is 17.5. The van der Waals surface area contributed by atoms with Crippen LogP contribution in [0, 0.1) is 6.92 Å². The maximum Gasteiger partial charge on any atom is 0.319 e. The van der Waals surface area contributed by atoms with E-state index in [4.69, 9.17) is 16.3 Å². The molecule has 0 radical (unpaired) electrons. The van der Waals surface area contributed by atoms with Gasteiger partial charge in [-0.3, -0.25) is 0 Å². The van der Waals surface area contributed by atoms with Crippen LogP contribution in [-0.2, 0) is 0 Å². The summed E-state index contributed by atoms with van der Waals surface area (Å²) in [6, 6.07) is 13.1. The summed E-state index contributed by atoms with van der Waals surface area (Å²) in [4.78, 5) is 11.9. The third-order valence-corrected chi connectivity index (χ3v) is 3.86. The predicted molar refractivity (Wildman–Crippen MR) is 99.2 cm³/mol. The molecule has 2 aromatic rings. The molecule has 2 rings (SSSR count). The molecular formula is C19H23ClN2O2. The molecule has 5 heteroatoms. The number of amides is 2. The summed E-state index contributed by atoms with van der Waals surface area (Å²) in [7, 11) is 0. The summed E-state index contributed by atoms with van der Waals surface area (Å²) in [5.74, 6) is 1.27. The van der Waals surface area contributed by atoms with E-state index in [0.29, 0.717) is 29.8 Å². The van der Waals surface area contributed by atoms with Gasteiger partial charge in [-0.05, 0) is 48.2 Å². The number of carbonyl (C=O) groups excluding carboxylic acids is 1. The van der Waals surface area contributed by atoms with Crippen LogP contribution >= 0.6 is 11.6 Å². The van der Waals surface area contributed by atoms with Crippen LogP contribution in [0.3, 0.4) is 0 Å². The molecule has 4 nitrogen and oxygen atoms in total. The lowest BCUT2D eigenvalue weighted by molar-refractivity contribution is 0.247. The number of carbonyl (C=O) groups is 1. The number of aryl methyl sites for hydroxylation is 1. The van der Waals surface area contributed by atoms with Gasteiger partial charge in [0.1, 0.15) is 12.4 Å². The SMILES string of the molecule is Cc1ccc(Cl)cc1NC(=O)NCCOc1cccc(C(C)C)c1. The van der Waals surface area contributed by atoms with Gasteiger partial charge in [0.15, 0.2) is 0 Å². The summed E-state index contributed by atoms with van der Waals surface area (Å²) in [5, 5.41) is 6.14. The zero-order valence-electron chi connectivity index (χ0n) is 14.2. The molecule has 2 aromatic carbocycles. The maximum absolute atomic E-state index is 11.9. The fraction of sp³-hybridized carbons (Fsp3) is 0.316. The molecule has 0 unspecified atom stereocenters. The minimum atomic E-state index is -0.278. The average molecular weight is 347 g/mol. The van der Waals surface area contributed by atoms with Crippen LogP contribution in [0.15, 0.2) is 42.5 Å². The Balaban J connectivity index is 1.77. The zero-order valence-corrected chi connectivity index (χ0v) is 15.0. The van der Waals surface area contributed by atoms with Crippen LogP contribution < -0.4 is 15.4 Å². The van der Waals surface area contributed by atoms with Gasteiger partial charge < -0.3 is 15.4 Å². The van der Waals surface area contributed by atoms with Crippen LogP contribution in [0.4, 0.5) is 10.5 Å². The summed E-state index contributed by atoms with van der Waals surface area (Å²) < 4.78 is 5.68. The highest BCUT2D eigenvalue weighted by molar-refractivity contribution is 6.31. The number of anilines is 1. The highest BCUT2D eigenvalue weighted by Crippen LogP contribution is 2.20. The minimum absolute atomic E-state index is 0.278. The van der Waals surface area contributed by atoms with E-state index in [1.165, 1.54) is 5.56 Å². The topological polar surface area (TPSA) is 50.4 Å². The Hall–Kier alpha value is -2.20. The number of ether oxygens (including phenoxy) is 1. The molecule has 0 aliphatic carbocycles. The molecule has 0 atom stereocenters. The van der Waals surface area contributed by atoms with Crippen molar-refractivity contribution < 1.29 is 9.53 Å². The van der Waals surface area contributed by atoms with Crippen LogP contribution in [-0.4, -0.2) is 19.2 Å². The highest BCUT2D eigenvalue weighted by Gasteiger charge is 2.05. The van der Waals surface area contributed by atoms with Gasteiger partial charge in [0, 0.05) is 10.7 Å². The van der Waals surface area contributed by atoms with E-state index < -0.39 is 0 Å². The second kappa shape index (κ2) is 8.60. The predicted octanol–water partition coefficient (Wildman–Crippen LogP) is 4.97. The van der Waals surface area contributed by atoms with Crippen molar-refractivity contribution in [2.75, 3.05) is 18.5 Å². The molecular weight excluding hydrogens is 324 g/mol. The summed E-state index contributed by atoms with van der Waals surface area (Å²) in [6.45, 7) is 7.02. The molecule has 0 fully saturated rings. The largest absolute Gasteiger partial charge is 0.492 e. The molecule has 0 bridgehead atoms. The Bertz CT molecular complexity index is 702. The molecule has 0 saturated carbocycles. The van der Waals surface area contributed by atoms with E-state index in [1.807, 2.05) is 31.2 Å². The van der Waals surface area contributed by atoms with Crippen LogP contribution in [0.25, 0.3) is 0 Å². The molecule has 0 saturated heterocycles. The fourth-order valence-corrected chi connectivity index (χ4v) is 2.36. The number of benzene rings is 2. The van der Waals surface area contributed by atoms with E-state index in [0.717, 1.165) is 11.3 Å². The van der Waals surface area contributed by atoms with Crippen molar-refractivity contribution in [3.05, 3.63) is 58.6 Å². The first kappa shape index (κ1) is 18.1. The Morgan fingerprint density at radius 3 is 2.75 bits per heavy atom. The highest BCUT2D eigenvalue weighted by atomic mass is 35.5. The molecule has 0 heterocycles. The molecule has 2 N–H and O–H groups in total. The Kier molecular flexibility index (Phi) is 6.50. The third-order valence-electron chi connectivity index (χ3n) is 3.63. The lowest BCUT2D eigenvalue weighted by atomic mass is 10.0. The van der Waals surface area contributed by atoms with Gasteiger partial charge in [0.2, 0.25) is 0 Å². The number of nitrogens with one attached hydrogen (secondary N) is 2. The lowest BCUT2D eigenvalue weighted by Gasteiger charge is -2.12. The summed E-state index contributed by atoms with van der Waals surface area (Å²) in [6.07, 6.45) is 0. The lowest BCUT2D eigenvalue weighted by Crippen LogP contribution is -2.32. The van der Waals surface area contributed by atoms with Gasteiger partial charge in [-0.15, -0.1) is 0 Å². The van der Waals surface area contributed by atoms with Gasteiger partial charge in [-0.25, -0.2) is 4.79 Å². The van der Waals surface area contributed by atoms with Gasteiger partial charge in [-0.1, -0.05) is 43.6 Å². The molecule has 0 aliphatic heterocycles. The van der Waals surface area contributed by atoms with Crippen molar-refractivity contribution in [3.63, 3.8) is 0 Å². The van der Waals surface area contributed by atoms with Crippen LogP contribution in [0.5, 0.6) is 5.75 Å². The summed E-state index contributed by atoms with van der Waals surface area (Å²) >= 11 is 5.94. The van der Waals surface area contributed by atoms with Crippen molar-refractivity contribution in [3.8, 4) is 5.75 Å². The number of rotatable bonds is 6. The smallest absolute Gasteiger partial charge is 0.319 e. The van der Waals surface area contributed by atoms with Gasteiger partial charge in [0.25, 0.3) is 0 Å². The quantitative estimate of drug-likeness (QED) is 0.725. The first-order valence-corrected chi connectivity index (χ1v) is 8.37. The number of halogens is 1. The first-order valence-electron chi connectivity index (χ1n) is 7.99. The Morgan fingerprint density at radius 2 is 2.00 bits per heavy atom. The van der Waals surface area contributed by atoms with E-state index in [-0.39, 0.29) is 6.03 Å². The molecule has 0 aliphatic rings. The Morgan fingerprint density at radius 1 is 1.21 bits per heavy atom. The maximum atomic E-state index is 11.9. The van der Waals surface area contributed by atoms with Crippen molar-refractivity contribution in [2.24, 2.45) is 0 Å². The molecule has 128 valence electrons. The molecule has 0 aromatic heterocycles. The molecule has 0 spiro atoms. The van der Waals surface area contributed by atoms with Crippen molar-refractivity contribution in [1.29, 1.82) is 0 Å². The van der Waals surface area contributed by atoms with E-state index in [2.05, 4.69) is 30.5 Å². The summed E-state index contributed by atoms with van der Waals surface area (Å²) in [5.41, 5.74) is 2.89. The number of hydrogen-bond acceptors (Lipinski definition) is 2. The van der Waals surface area contributed by atoms with Gasteiger partial charge >= 0.3 is 6.03 Å². The average Bonchev–Trinajstić information content (AvgIpc) is 2.55. The van der Waals surface area contributed by atoms with Gasteiger partial charge in [-0.2, -0.15) is 0 Å². The fourth-order valence-electron chi connectivity index (χ4n) is 2.19. The monoisotopic (exact) mass is 346 g/mol. The van der Waals surface area contributed by atoms with E-state index in [9.17, 15) is 4.79 Å². The van der Waals surface area contributed by atoms with Crippen LogP contribution in [0.1, 0.15) is 30.9 Å². The standard InChI is InChI=1S/C19H23ClN2O2/c1-13(2)15-5-4-6-17(11-15)24-10-9-21-19(23)22-18-12-16(20)8-7-14(18)3/h4-8,11-13H,9-10H2,1-3H3,(H2,21,22,23). The number of urea groups is 1. The van der Waals surface area contributed by atoms with Gasteiger partial charge in [0.05, 0.1) is 6.54 Å². The second-order valence-electron chi connectivity index (χ2n) is 5.92. The van der Waals surface area contributed by atoms with E-state index in [1.54, 1.807) is 12.1 Å². The minimum Gasteiger partial charge on any atom is -0.492 e. The van der Waals surface area contributed by atoms with E-state index >= 15 is 0 Å². The first-order chi connectivity index (χ1) is 11.5. The molecule has 24 heavy (non-hydrogen) atoms. The van der Waals surface area contributed by atoms with Crippen molar-refractivity contribution >= 4 is 23.3 Å². The normalized spacial score (nSPS) is 10.5. The molecule has 2 amide bonds.